The Morgan fingerprint density at radius 2 is 1.97 bits per heavy atom. The van der Waals surface area contributed by atoms with Crippen LogP contribution in [0.4, 0.5) is 8.78 Å². The molecule has 0 aliphatic heterocycles. The third-order valence-corrected chi connectivity index (χ3v) is 10.3. The lowest BCUT2D eigenvalue weighted by molar-refractivity contribution is -0.166. The molecule has 0 spiro atoms. The first kappa shape index (κ1) is 21.5. The molecule has 9 atom stereocenters. The molecule has 3 unspecified atom stereocenters. The molecular formula is C22H26Cl2F2O3. The molecule has 0 saturated heterocycles. The summed E-state index contributed by atoms with van der Waals surface area (Å²) in [5.74, 6) is -2.35. The first-order chi connectivity index (χ1) is 13.4. The molecule has 4 rings (SSSR count). The second-order valence-corrected chi connectivity index (χ2v) is 10.9. The van der Waals surface area contributed by atoms with Crippen LogP contribution in [0.15, 0.2) is 23.8 Å². The van der Waals surface area contributed by atoms with Crippen LogP contribution in [0, 0.1) is 28.6 Å². The molecule has 3 nitrogen and oxygen atoms in total. The smallest absolute Gasteiger partial charge is 0.196 e. The number of Topliss-reactive ketones (excluding diaryl/α,β-unsaturated/α-hetero) is 1. The molecule has 0 amide bonds. The zero-order chi connectivity index (χ0) is 21.6. The number of carbonyl (C=O) groups is 2. The minimum absolute atomic E-state index is 0.0577. The van der Waals surface area contributed by atoms with Crippen LogP contribution in [0.2, 0.25) is 0 Å². The first-order valence-electron chi connectivity index (χ1n) is 10.1. The Labute approximate surface area is 179 Å². The first-order valence-corrected chi connectivity index (χ1v) is 10.9. The van der Waals surface area contributed by atoms with E-state index in [4.69, 9.17) is 23.2 Å². The van der Waals surface area contributed by atoms with E-state index in [9.17, 15) is 19.1 Å². The maximum atomic E-state index is 15.4. The summed E-state index contributed by atoms with van der Waals surface area (Å²) in [6.45, 7) is 4.05. The maximum absolute atomic E-state index is 15.4. The number of carbonyl (C=O) groups excluding carboxylic acids is 2. The number of halogens is 4. The fourth-order valence-corrected chi connectivity index (χ4v) is 8.37. The quantitative estimate of drug-likeness (QED) is 0.641. The number of rotatable bonds is 2. The van der Waals surface area contributed by atoms with E-state index in [0.29, 0.717) is 12.0 Å². The van der Waals surface area contributed by atoms with Gasteiger partial charge < -0.3 is 5.11 Å². The molecule has 1 N–H and O–H groups in total. The van der Waals surface area contributed by atoms with Crippen LogP contribution in [0.5, 0.6) is 0 Å². The molecule has 0 aromatic carbocycles. The molecule has 7 heteroatoms. The molecular weight excluding hydrogens is 421 g/mol. The Bertz CT molecular complexity index is 844. The molecule has 160 valence electrons. The summed E-state index contributed by atoms with van der Waals surface area (Å²) >= 11 is 14.2. The highest BCUT2D eigenvalue weighted by Crippen LogP contribution is 2.72. The molecule has 3 saturated carbocycles. The normalized spacial score (nSPS) is 53.7. The van der Waals surface area contributed by atoms with E-state index >= 15 is 4.39 Å². The van der Waals surface area contributed by atoms with E-state index in [2.05, 4.69) is 0 Å². The topological polar surface area (TPSA) is 54.4 Å². The number of aliphatic hydroxyl groups is 1. The second kappa shape index (κ2) is 6.37. The molecule has 4 aliphatic rings. The average molecular weight is 447 g/mol. The van der Waals surface area contributed by atoms with Gasteiger partial charge in [-0.05, 0) is 54.7 Å². The van der Waals surface area contributed by atoms with E-state index in [-0.39, 0.29) is 24.5 Å². The van der Waals surface area contributed by atoms with Gasteiger partial charge in [0, 0.05) is 10.8 Å². The van der Waals surface area contributed by atoms with Crippen LogP contribution >= 0.6 is 23.2 Å². The summed E-state index contributed by atoms with van der Waals surface area (Å²) in [5.41, 5.74) is -3.49. The molecule has 3 fully saturated rings. The van der Waals surface area contributed by atoms with Gasteiger partial charge in [-0.25, -0.2) is 8.78 Å². The van der Waals surface area contributed by atoms with Crippen LogP contribution in [0.3, 0.4) is 0 Å². The number of fused-ring (bicyclic) bond motifs is 5. The molecule has 0 radical (unpaired) electrons. The van der Waals surface area contributed by atoms with Crippen molar-refractivity contribution in [1.82, 2.24) is 0 Å². The van der Waals surface area contributed by atoms with E-state index in [1.807, 2.05) is 6.92 Å². The van der Waals surface area contributed by atoms with Crippen molar-refractivity contribution >= 4 is 34.8 Å². The summed E-state index contributed by atoms with van der Waals surface area (Å²) in [7, 11) is 0. The number of allylic oxidation sites excluding steroid dienone is 4. The van der Waals surface area contributed by atoms with Gasteiger partial charge in [0.05, 0.1) is 10.3 Å². The minimum Gasteiger partial charge on any atom is -0.381 e. The zero-order valence-corrected chi connectivity index (χ0v) is 18.2. The second-order valence-electron chi connectivity index (χ2n) is 9.77. The SMILES string of the molecule is CC1C[C@H]2[C@@H]3CC(F)C4=CC(=O)C=C[C@]4(C)[C@@]3(Cl)C(Cl)C[C@]2(C)[C@@]1(O)C(=O)CF. The van der Waals surface area contributed by atoms with Gasteiger partial charge in [-0.2, -0.15) is 0 Å². The highest BCUT2D eigenvalue weighted by molar-refractivity contribution is 6.34. The monoisotopic (exact) mass is 446 g/mol. The predicted octanol–water partition coefficient (Wildman–Crippen LogP) is 4.34. The van der Waals surface area contributed by atoms with Crippen LogP contribution in [0.1, 0.15) is 40.0 Å². The van der Waals surface area contributed by atoms with Crippen LogP contribution in [0.25, 0.3) is 0 Å². The summed E-state index contributed by atoms with van der Waals surface area (Å²) in [4.78, 5) is 23.3. The Morgan fingerprint density at radius 1 is 1.31 bits per heavy atom. The van der Waals surface area contributed by atoms with Gasteiger partial charge in [0.1, 0.15) is 11.8 Å². The average Bonchev–Trinajstić information content (AvgIpc) is 2.86. The van der Waals surface area contributed by atoms with Crippen molar-refractivity contribution in [3.63, 3.8) is 0 Å². The van der Waals surface area contributed by atoms with Crippen molar-refractivity contribution in [2.24, 2.45) is 28.6 Å². The number of alkyl halides is 4. The van der Waals surface area contributed by atoms with Crippen molar-refractivity contribution in [3.05, 3.63) is 23.8 Å². The van der Waals surface area contributed by atoms with Crippen LogP contribution < -0.4 is 0 Å². The highest BCUT2D eigenvalue weighted by atomic mass is 35.5. The van der Waals surface area contributed by atoms with Crippen molar-refractivity contribution in [2.45, 2.75) is 62.1 Å². The van der Waals surface area contributed by atoms with Crippen LogP contribution in [-0.2, 0) is 9.59 Å². The largest absolute Gasteiger partial charge is 0.381 e. The third-order valence-electron chi connectivity index (χ3n) is 8.71. The Morgan fingerprint density at radius 3 is 2.59 bits per heavy atom. The molecule has 4 aliphatic carbocycles. The van der Waals surface area contributed by atoms with Gasteiger partial charge >= 0.3 is 0 Å². The standard InChI is InChI=1S/C22H26Cl2F2O3/c1-11-6-13-14-8-16(26)15-7-12(27)4-5-19(15,2)21(14,24)17(23)9-20(13,3)22(11,29)18(28)10-25/h4-5,7,11,13-14,16-17,29H,6,8-10H2,1-3H3/t11?,13-,14-,16?,17?,19-,20-,21-,22-/m0/s1. The van der Waals surface area contributed by atoms with Gasteiger partial charge in [-0.15, -0.1) is 23.2 Å². The summed E-state index contributed by atoms with van der Waals surface area (Å²) < 4.78 is 28.8. The van der Waals surface area contributed by atoms with E-state index in [1.54, 1.807) is 19.9 Å². The van der Waals surface area contributed by atoms with Gasteiger partial charge in [0.2, 0.25) is 0 Å². The number of hydrogen-bond donors (Lipinski definition) is 1. The summed E-state index contributed by atoms with van der Waals surface area (Å²) in [6, 6.07) is 0. The van der Waals surface area contributed by atoms with Crippen molar-refractivity contribution in [1.29, 1.82) is 0 Å². The van der Waals surface area contributed by atoms with Crippen LogP contribution in [-0.4, -0.2) is 45.4 Å². The van der Waals surface area contributed by atoms with Gasteiger partial charge in [-0.1, -0.05) is 26.8 Å². The molecule has 0 bridgehead atoms. The van der Waals surface area contributed by atoms with E-state index in [0.717, 1.165) is 0 Å². The Kier molecular flexibility index (Phi) is 4.71. The Hall–Kier alpha value is -0.780. The van der Waals surface area contributed by atoms with Gasteiger partial charge in [0.25, 0.3) is 0 Å². The molecule has 29 heavy (non-hydrogen) atoms. The summed E-state index contributed by atoms with van der Waals surface area (Å²) in [5, 5.41) is 10.7. The predicted molar refractivity (Wildman–Crippen MR) is 107 cm³/mol. The third kappa shape index (κ3) is 2.33. The minimum atomic E-state index is -1.86. The highest BCUT2D eigenvalue weighted by Gasteiger charge is 2.75. The van der Waals surface area contributed by atoms with E-state index in [1.165, 1.54) is 12.2 Å². The van der Waals surface area contributed by atoms with Gasteiger partial charge in [0.15, 0.2) is 18.2 Å². The maximum Gasteiger partial charge on any atom is 0.196 e. The lowest BCUT2D eigenvalue weighted by Gasteiger charge is -2.64. The van der Waals surface area contributed by atoms with Crippen molar-refractivity contribution < 1.29 is 23.5 Å². The molecule has 0 aromatic heterocycles. The molecule has 0 heterocycles. The van der Waals surface area contributed by atoms with E-state index < -0.39 is 57.1 Å². The Balaban J connectivity index is 1.87. The fourth-order valence-electron chi connectivity index (χ4n) is 7.17. The van der Waals surface area contributed by atoms with Crippen molar-refractivity contribution in [2.75, 3.05) is 6.67 Å². The molecule has 0 aromatic rings. The zero-order valence-electron chi connectivity index (χ0n) is 16.7. The van der Waals surface area contributed by atoms with Crippen molar-refractivity contribution in [3.8, 4) is 0 Å². The lowest BCUT2D eigenvalue weighted by atomic mass is 9.46. The fraction of sp³-hybridized carbons (Fsp3) is 0.727. The number of ketones is 2. The van der Waals surface area contributed by atoms with Gasteiger partial charge in [-0.3, -0.25) is 9.59 Å². The number of hydrogen-bond acceptors (Lipinski definition) is 3. The summed E-state index contributed by atoms with van der Waals surface area (Å²) in [6.07, 6.45) is 3.70. The lowest BCUT2D eigenvalue weighted by Crippen LogP contribution is -2.69.